The molecule has 2 unspecified atom stereocenters. The lowest BCUT2D eigenvalue weighted by molar-refractivity contribution is -0.151. The van der Waals surface area contributed by atoms with Crippen molar-refractivity contribution >= 4 is 81.8 Å². The van der Waals surface area contributed by atoms with Crippen molar-refractivity contribution in [3.63, 3.8) is 0 Å². The molecule has 3 aliphatic carbocycles. The number of nitrogens with two attached hydrogens (primary N) is 2. The van der Waals surface area contributed by atoms with E-state index in [0.717, 1.165) is 24.0 Å². The first-order valence-corrected chi connectivity index (χ1v) is 22.3. The molecule has 2 atom stereocenters. The van der Waals surface area contributed by atoms with Gasteiger partial charge in [-0.25, -0.2) is 0 Å². The molecular formula is C48H52Cl4N2O10. The summed E-state index contributed by atoms with van der Waals surface area (Å²) in [6.07, 6.45) is 3.85. The Kier molecular flexibility index (Phi) is 18.9. The minimum Gasteiger partial charge on any atom is -0.481 e. The predicted molar refractivity (Wildman–Crippen MR) is 245 cm³/mol. The molecule has 0 aliphatic heterocycles. The molecule has 3 fully saturated rings. The lowest BCUT2D eigenvalue weighted by Crippen LogP contribution is -2.31. The monoisotopic (exact) mass is 956 g/mol. The van der Waals surface area contributed by atoms with E-state index in [-0.39, 0.29) is 36.6 Å². The molecule has 0 heterocycles. The van der Waals surface area contributed by atoms with E-state index in [1.54, 1.807) is 98.8 Å². The fraction of sp³-hybridized carbons (Fsp3) is 0.375. The largest absolute Gasteiger partial charge is 0.481 e. The maximum Gasteiger partial charge on any atom is 0.320 e. The second-order valence-electron chi connectivity index (χ2n) is 15.4. The summed E-state index contributed by atoms with van der Waals surface area (Å²) in [5.74, 6) is -2.30. The molecule has 0 bridgehead atoms. The number of Topliss-reactive ketones (excluding diaryl/α,β-unsaturated/α-hetero) is 2. The third-order valence-corrected chi connectivity index (χ3v) is 12.1. The summed E-state index contributed by atoms with van der Waals surface area (Å²) in [4.78, 5) is 69.4. The normalized spacial score (nSPS) is 16.1. The zero-order chi connectivity index (χ0) is 47.2. The van der Waals surface area contributed by atoms with Crippen LogP contribution in [-0.4, -0.2) is 60.4 Å². The second kappa shape index (κ2) is 23.4. The number of carboxylic acid groups (broad SMARTS) is 1. The van der Waals surface area contributed by atoms with E-state index < -0.39 is 40.2 Å². The molecule has 16 heteroatoms. The van der Waals surface area contributed by atoms with Gasteiger partial charge in [-0.2, -0.15) is 0 Å². The number of ether oxygens (including phenoxy) is 3. The Balaban J connectivity index is 0.000000187. The molecule has 0 aromatic heterocycles. The van der Waals surface area contributed by atoms with E-state index in [0.29, 0.717) is 70.1 Å². The number of carboxylic acids is 1. The highest BCUT2D eigenvalue weighted by Gasteiger charge is 2.58. The number of ketones is 2. The first-order chi connectivity index (χ1) is 30.4. The number of carbonyl (C=O) groups is 6. The molecule has 5 N–H and O–H groups in total. The molecule has 4 aromatic rings. The maximum absolute atomic E-state index is 12.2. The van der Waals surface area contributed by atoms with Crippen LogP contribution in [0.15, 0.2) is 97.1 Å². The average Bonchev–Trinajstić information content (AvgIpc) is 4.14. The van der Waals surface area contributed by atoms with Gasteiger partial charge < -0.3 is 30.8 Å². The van der Waals surface area contributed by atoms with Gasteiger partial charge in [0.05, 0.1) is 30.7 Å². The summed E-state index contributed by atoms with van der Waals surface area (Å²) in [5, 5.41) is 11.5. The van der Waals surface area contributed by atoms with Crippen LogP contribution in [0.4, 0.5) is 0 Å². The lowest BCUT2D eigenvalue weighted by atomic mass is 9.91. The smallest absolute Gasteiger partial charge is 0.320 e. The van der Waals surface area contributed by atoms with Gasteiger partial charge >= 0.3 is 23.9 Å². The zero-order valence-corrected chi connectivity index (χ0v) is 38.8. The number of hydrogen-bond acceptors (Lipinski definition) is 11. The van der Waals surface area contributed by atoms with E-state index in [1.807, 2.05) is 19.1 Å². The summed E-state index contributed by atoms with van der Waals surface area (Å²) in [6, 6.07) is 26.6. The van der Waals surface area contributed by atoms with Gasteiger partial charge in [-0.1, -0.05) is 70.7 Å². The number of hydrogen-bond donors (Lipinski definition) is 3. The Morgan fingerprint density at radius 2 is 0.891 bits per heavy atom. The maximum atomic E-state index is 12.2. The van der Waals surface area contributed by atoms with Crippen LogP contribution in [0.1, 0.15) is 110 Å². The van der Waals surface area contributed by atoms with Gasteiger partial charge in [0.2, 0.25) is 0 Å². The van der Waals surface area contributed by atoms with Crippen molar-refractivity contribution in [1.82, 2.24) is 0 Å². The summed E-state index contributed by atoms with van der Waals surface area (Å²) < 4.78 is 14.7. The Hall–Kier alpha value is -4.82. The number of aliphatic carboxylic acids is 1. The van der Waals surface area contributed by atoms with E-state index in [1.165, 1.54) is 0 Å². The van der Waals surface area contributed by atoms with E-state index >= 15 is 0 Å². The molecule has 342 valence electrons. The van der Waals surface area contributed by atoms with Gasteiger partial charge in [-0.15, -0.1) is 0 Å². The number of esters is 3. The van der Waals surface area contributed by atoms with Gasteiger partial charge in [0.1, 0.15) is 11.8 Å². The van der Waals surface area contributed by atoms with Gasteiger partial charge in [-0.05, 0) is 143 Å². The van der Waals surface area contributed by atoms with Crippen molar-refractivity contribution in [2.45, 2.75) is 77.8 Å². The summed E-state index contributed by atoms with van der Waals surface area (Å²) in [6.45, 7) is 6.22. The van der Waals surface area contributed by atoms with Crippen LogP contribution in [0.2, 0.25) is 20.1 Å². The Morgan fingerprint density at radius 3 is 1.25 bits per heavy atom. The molecule has 3 aliphatic rings. The average molecular weight is 959 g/mol. The molecule has 4 aromatic carbocycles. The minimum atomic E-state index is -0.927. The molecule has 0 saturated heterocycles. The highest BCUT2D eigenvalue weighted by Crippen LogP contribution is 2.55. The Labute approximate surface area is 392 Å². The van der Waals surface area contributed by atoms with Crippen molar-refractivity contribution in [2.75, 3.05) is 19.8 Å². The quantitative estimate of drug-likeness (QED) is 0.0441. The van der Waals surface area contributed by atoms with Crippen molar-refractivity contribution < 1.29 is 48.1 Å². The van der Waals surface area contributed by atoms with Crippen molar-refractivity contribution in [1.29, 1.82) is 0 Å². The molecule has 0 amide bonds. The topological polar surface area (TPSA) is 202 Å². The molecule has 12 nitrogen and oxygen atoms in total. The number of halogens is 4. The summed E-state index contributed by atoms with van der Waals surface area (Å²) in [5.41, 5.74) is 12.7. The lowest BCUT2D eigenvalue weighted by Gasteiger charge is -2.21. The van der Waals surface area contributed by atoms with Crippen LogP contribution in [-0.2, 0) is 33.4 Å². The fourth-order valence-electron chi connectivity index (χ4n) is 6.70. The number of benzene rings is 4. The molecule has 7 rings (SSSR count). The van der Waals surface area contributed by atoms with E-state index in [2.05, 4.69) is 4.74 Å². The highest BCUT2D eigenvalue weighted by molar-refractivity contribution is 6.31. The standard InChI is InChI=1S/C13H16ClNO2.C13H13ClO3.C11H12ClNO2.C11H11ClO3/c2*1-2-17-12(16)13(7-8-13)11(15)9-3-5-10(14)6-4-9;12-8-3-1-7(2-4-8)9(13)11(5-6-11)10(14)15;1-2-15-11(14)7-10(13)8-3-5-9(12)6-4-8/h3-6,11H,2,7-8,15H2,1H3;3-6H,2,7-8H2,1H3;1-4,9H,5-6,13H2,(H,14,15);3-6H,2,7H2,1H3. The molecule has 64 heavy (non-hydrogen) atoms. The summed E-state index contributed by atoms with van der Waals surface area (Å²) >= 11 is 23.0. The Morgan fingerprint density at radius 1 is 0.531 bits per heavy atom. The number of rotatable bonds is 15. The van der Waals surface area contributed by atoms with E-state index in [4.69, 9.17) is 72.5 Å². The SMILES string of the molecule is CCOC(=O)C1(C(=O)c2ccc(Cl)cc2)CC1.CCOC(=O)C1(C(N)c2ccc(Cl)cc2)CC1.CCOC(=O)CC(=O)c1ccc(Cl)cc1.NC(c1ccc(Cl)cc1)C1(C(=O)O)CC1. The van der Waals surface area contributed by atoms with Crippen molar-refractivity contribution in [3.05, 3.63) is 139 Å². The van der Waals surface area contributed by atoms with Crippen LogP contribution in [0.3, 0.4) is 0 Å². The van der Waals surface area contributed by atoms with Gasteiger partial charge in [-0.3, -0.25) is 28.8 Å². The zero-order valence-electron chi connectivity index (χ0n) is 35.8. The third-order valence-electron chi connectivity index (χ3n) is 11.1. The van der Waals surface area contributed by atoms with Crippen molar-refractivity contribution in [3.8, 4) is 0 Å². The van der Waals surface area contributed by atoms with Crippen LogP contribution in [0, 0.1) is 16.2 Å². The second-order valence-corrected chi connectivity index (χ2v) is 17.2. The van der Waals surface area contributed by atoms with Gasteiger partial charge in [0.25, 0.3) is 0 Å². The number of carbonyl (C=O) groups excluding carboxylic acids is 5. The van der Waals surface area contributed by atoms with Crippen LogP contribution in [0.5, 0.6) is 0 Å². The van der Waals surface area contributed by atoms with Crippen molar-refractivity contribution in [2.24, 2.45) is 27.7 Å². The fourth-order valence-corrected chi connectivity index (χ4v) is 7.20. The van der Waals surface area contributed by atoms with Crippen LogP contribution in [0.25, 0.3) is 0 Å². The minimum absolute atomic E-state index is 0.160. The Bertz CT molecular complexity index is 2240. The highest BCUT2D eigenvalue weighted by atomic mass is 35.5. The van der Waals surface area contributed by atoms with Gasteiger partial charge in [0.15, 0.2) is 11.6 Å². The van der Waals surface area contributed by atoms with Crippen LogP contribution >= 0.6 is 46.4 Å². The first-order valence-electron chi connectivity index (χ1n) is 20.7. The predicted octanol–water partition coefficient (Wildman–Crippen LogP) is 10.2. The molecule has 0 spiro atoms. The van der Waals surface area contributed by atoms with Crippen LogP contribution < -0.4 is 11.5 Å². The molecular weight excluding hydrogens is 906 g/mol. The van der Waals surface area contributed by atoms with Gasteiger partial charge in [0, 0.05) is 43.3 Å². The molecule has 3 saturated carbocycles. The van der Waals surface area contributed by atoms with E-state index in [9.17, 15) is 28.8 Å². The molecule has 0 radical (unpaired) electrons. The first kappa shape index (κ1) is 51.8. The summed E-state index contributed by atoms with van der Waals surface area (Å²) in [7, 11) is 0. The third kappa shape index (κ3) is 13.6.